The number of nitrogens with zero attached hydrogens (tertiary/aromatic N) is 2. The maximum absolute atomic E-state index is 14.1. The largest absolute Gasteiger partial charge is 0.465 e. The fourth-order valence-corrected chi connectivity index (χ4v) is 6.75. The van der Waals surface area contributed by atoms with Crippen molar-refractivity contribution in [3.8, 4) is 11.1 Å². The van der Waals surface area contributed by atoms with Gasteiger partial charge in [-0.15, -0.1) is 0 Å². The van der Waals surface area contributed by atoms with Crippen LogP contribution >= 0.6 is 0 Å². The van der Waals surface area contributed by atoms with Crippen molar-refractivity contribution < 1.29 is 28.3 Å². The summed E-state index contributed by atoms with van der Waals surface area (Å²) >= 11 is 0. The van der Waals surface area contributed by atoms with Crippen molar-refractivity contribution in [2.75, 3.05) is 26.3 Å². The maximum atomic E-state index is 14.1. The number of carbonyl (C=O) groups excluding carboxylic acids is 3. The van der Waals surface area contributed by atoms with Crippen molar-refractivity contribution in [3.05, 3.63) is 59.2 Å². The molecule has 1 saturated carbocycles. The number of carbonyl (C=O) groups is 3. The molecule has 1 N–H and O–H groups in total. The van der Waals surface area contributed by atoms with Gasteiger partial charge in [-0.05, 0) is 99.3 Å². The second kappa shape index (κ2) is 17.2. The highest BCUT2D eigenvalue weighted by atomic mass is 28.4. The Morgan fingerprint density at radius 2 is 1.65 bits per heavy atom. The van der Waals surface area contributed by atoms with Crippen molar-refractivity contribution >= 4 is 43.9 Å². The number of benzene rings is 2. The van der Waals surface area contributed by atoms with Crippen LogP contribution in [0.5, 0.6) is 0 Å². The summed E-state index contributed by atoms with van der Waals surface area (Å²) in [6, 6.07) is 13.8. The number of hydrogen-bond acceptors (Lipinski definition) is 7. The van der Waals surface area contributed by atoms with E-state index in [4.69, 9.17) is 18.9 Å². The minimum atomic E-state index is -1.89. The van der Waals surface area contributed by atoms with Crippen molar-refractivity contribution in [2.24, 2.45) is 10.9 Å². The monoisotopic (exact) mass is 717 g/mol. The molecule has 2 aliphatic rings. The molecular weight excluding hydrogens is 659 g/mol. The first-order chi connectivity index (χ1) is 23.9. The summed E-state index contributed by atoms with van der Waals surface area (Å²) in [5.74, 6) is 0.576. The molecule has 51 heavy (non-hydrogen) atoms. The first-order valence-corrected chi connectivity index (χ1v) is 21.5. The highest BCUT2D eigenvalue weighted by molar-refractivity contribution is 6.74. The van der Waals surface area contributed by atoms with Gasteiger partial charge in [0.05, 0.1) is 18.7 Å². The van der Waals surface area contributed by atoms with Crippen LogP contribution in [-0.2, 0) is 29.9 Å². The molecule has 0 radical (unpaired) electrons. The van der Waals surface area contributed by atoms with Crippen LogP contribution in [-0.4, -0.2) is 68.9 Å². The van der Waals surface area contributed by atoms with Crippen LogP contribution in [0.4, 0.5) is 10.5 Å². The molecular formula is C41H59N3O6Si. The van der Waals surface area contributed by atoms with Crippen molar-refractivity contribution in [2.45, 2.75) is 117 Å². The number of alkyl carbamates (subject to hydrolysis) is 1. The van der Waals surface area contributed by atoms with E-state index in [1.807, 2.05) is 53.4 Å². The number of esters is 1. The van der Waals surface area contributed by atoms with Gasteiger partial charge >= 0.3 is 12.1 Å². The summed E-state index contributed by atoms with van der Waals surface area (Å²) in [5.41, 5.74) is 4.04. The Morgan fingerprint density at radius 1 is 0.961 bits per heavy atom. The van der Waals surface area contributed by atoms with Gasteiger partial charge in [-0.25, -0.2) is 9.79 Å². The van der Waals surface area contributed by atoms with Gasteiger partial charge in [0.25, 0.3) is 0 Å². The van der Waals surface area contributed by atoms with E-state index in [2.05, 4.69) is 46.1 Å². The Hall–Kier alpha value is -3.76. The summed E-state index contributed by atoms with van der Waals surface area (Å²) in [7, 11) is -1.89. The molecule has 0 aromatic heterocycles. The summed E-state index contributed by atoms with van der Waals surface area (Å²) < 4.78 is 17.4. The first-order valence-electron chi connectivity index (χ1n) is 18.5. The van der Waals surface area contributed by atoms with E-state index in [9.17, 15) is 14.4 Å². The second-order valence-electron chi connectivity index (χ2n) is 16.4. The Balaban J connectivity index is 1.54. The standard InChI is InChI=1S/C41H59N3O6Si/c1-10-21-44(22-12-23-49-51(8,9)41(5,6)7)38(46)34-25-33-20-19-32(26-35(33)42-36(27-34)43-39(47)50-40(2,3)4)31-17-15-29(16-18-31)24-37(45)48-28-30-13-11-14-30/h15-20,25-26,30H,10-14,21-24,27-28H2,1-9H3,(H,42,43,47). The molecule has 0 unspecified atom stereocenters. The van der Waals surface area contributed by atoms with Gasteiger partial charge in [0.2, 0.25) is 5.91 Å². The van der Waals surface area contributed by atoms with E-state index in [-0.39, 0.29) is 29.8 Å². The maximum Gasteiger partial charge on any atom is 0.413 e. The third-order valence-electron chi connectivity index (χ3n) is 9.86. The normalized spacial score (nSPS) is 15.1. The zero-order chi connectivity index (χ0) is 37.4. The lowest BCUT2D eigenvalue weighted by Crippen LogP contribution is -2.42. The summed E-state index contributed by atoms with van der Waals surface area (Å²) in [6.07, 6.45) is 6.72. The molecule has 1 aliphatic heterocycles. The van der Waals surface area contributed by atoms with E-state index in [0.29, 0.717) is 49.3 Å². The molecule has 10 heteroatoms. The Labute approximate surface area is 306 Å². The molecule has 1 heterocycles. The molecule has 1 fully saturated rings. The fraction of sp³-hybridized carbons (Fsp3) is 0.561. The number of fused-ring (bicyclic) bond motifs is 1. The first kappa shape index (κ1) is 40.0. The van der Waals surface area contributed by atoms with Crippen LogP contribution in [0.15, 0.2) is 53.0 Å². The van der Waals surface area contributed by atoms with Crippen LogP contribution in [0.25, 0.3) is 17.2 Å². The van der Waals surface area contributed by atoms with E-state index in [1.165, 1.54) is 6.42 Å². The number of hydrogen-bond donors (Lipinski definition) is 1. The molecule has 9 nitrogen and oxygen atoms in total. The number of amidine groups is 1. The van der Waals surface area contributed by atoms with E-state index < -0.39 is 20.0 Å². The predicted octanol–water partition coefficient (Wildman–Crippen LogP) is 9.23. The molecule has 4 rings (SSSR count). The van der Waals surface area contributed by atoms with Gasteiger partial charge in [0.1, 0.15) is 11.4 Å². The molecule has 1 aliphatic carbocycles. The molecule has 0 atom stereocenters. The third-order valence-corrected chi connectivity index (χ3v) is 14.4. The van der Waals surface area contributed by atoms with Crippen LogP contribution in [0.1, 0.15) is 98.1 Å². The Morgan fingerprint density at radius 3 is 2.25 bits per heavy atom. The number of ether oxygens (including phenoxy) is 2. The average molecular weight is 718 g/mol. The number of nitrogens with one attached hydrogen (secondary N) is 1. The van der Waals surface area contributed by atoms with E-state index in [0.717, 1.165) is 47.9 Å². The molecule has 0 bridgehead atoms. The van der Waals surface area contributed by atoms with Crippen LogP contribution < -0.4 is 5.32 Å². The number of rotatable bonds is 13. The molecule has 2 aromatic rings. The van der Waals surface area contributed by atoms with Crippen LogP contribution in [0.3, 0.4) is 0 Å². The smallest absolute Gasteiger partial charge is 0.413 e. The summed E-state index contributed by atoms with van der Waals surface area (Å²) in [6.45, 7) is 20.9. The molecule has 0 saturated heterocycles. The van der Waals surface area contributed by atoms with E-state index in [1.54, 1.807) is 20.8 Å². The number of amides is 2. The van der Waals surface area contributed by atoms with Gasteiger partial charge in [-0.1, -0.05) is 70.5 Å². The van der Waals surface area contributed by atoms with Gasteiger partial charge in [-0.2, -0.15) is 0 Å². The quantitative estimate of drug-likeness (QED) is 0.126. The van der Waals surface area contributed by atoms with Crippen LogP contribution in [0.2, 0.25) is 18.1 Å². The van der Waals surface area contributed by atoms with Crippen LogP contribution in [0, 0.1) is 5.92 Å². The summed E-state index contributed by atoms with van der Waals surface area (Å²) in [5, 5.41) is 2.94. The highest BCUT2D eigenvalue weighted by Crippen LogP contribution is 2.37. The minimum Gasteiger partial charge on any atom is -0.465 e. The zero-order valence-electron chi connectivity index (χ0n) is 32.3. The van der Waals surface area contributed by atoms with E-state index >= 15 is 0 Å². The van der Waals surface area contributed by atoms with Gasteiger partial charge in [0.15, 0.2) is 8.32 Å². The molecule has 2 amide bonds. The third kappa shape index (κ3) is 11.9. The van der Waals surface area contributed by atoms with Crippen molar-refractivity contribution in [1.82, 2.24) is 10.2 Å². The number of aliphatic imine (C=N–C) groups is 1. The van der Waals surface area contributed by atoms with Gasteiger partial charge in [-0.3, -0.25) is 14.9 Å². The zero-order valence-corrected chi connectivity index (χ0v) is 33.3. The fourth-order valence-electron chi connectivity index (χ4n) is 5.67. The SMILES string of the molecule is CCCN(CCCO[Si](C)(C)C(C)(C)C)C(=O)C1=Cc2ccc(-c3ccc(CC(=O)OCC4CCC4)cc3)cc2N=C(NC(=O)OC(C)(C)C)C1. The highest BCUT2D eigenvalue weighted by Gasteiger charge is 2.37. The van der Waals surface area contributed by atoms with Gasteiger partial charge in [0, 0.05) is 37.3 Å². The average Bonchev–Trinajstić information content (AvgIpc) is 3.18. The molecule has 2 aromatic carbocycles. The van der Waals surface area contributed by atoms with Crippen molar-refractivity contribution in [3.63, 3.8) is 0 Å². The topological polar surface area (TPSA) is 107 Å². The molecule has 0 spiro atoms. The lowest BCUT2D eigenvalue weighted by atomic mass is 9.86. The summed E-state index contributed by atoms with van der Waals surface area (Å²) in [4.78, 5) is 46.2. The lowest BCUT2D eigenvalue weighted by molar-refractivity contribution is -0.145. The Kier molecular flexibility index (Phi) is 13.5. The molecule has 278 valence electrons. The van der Waals surface area contributed by atoms with Crippen molar-refractivity contribution in [1.29, 1.82) is 0 Å². The Bertz CT molecular complexity index is 1600. The van der Waals surface area contributed by atoms with Gasteiger partial charge < -0.3 is 18.8 Å². The second-order valence-corrected chi connectivity index (χ2v) is 21.2. The predicted molar refractivity (Wildman–Crippen MR) is 208 cm³/mol. The lowest BCUT2D eigenvalue weighted by Gasteiger charge is -2.36. The minimum absolute atomic E-state index is 0.0819.